The molecule has 0 aromatic heterocycles. The van der Waals surface area contributed by atoms with Crippen LogP contribution >= 0.6 is 0 Å². The Morgan fingerprint density at radius 3 is 1.91 bits per heavy atom. The predicted octanol–water partition coefficient (Wildman–Crippen LogP) is 6.82. The number of nitro benzene ring substituents is 1. The molecule has 32 heavy (non-hydrogen) atoms. The second-order valence-electron chi connectivity index (χ2n) is 6.97. The largest absolute Gasteiger partial charge is 0.494 e. The average Bonchev–Trinajstić information content (AvgIpc) is 2.85. The Labute approximate surface area is 186 Å². The van der Waals surface area contributed by atoms with Gasteiger partial charge in [-0.25, -0.2) is 0 Å². The van der Waals surface area contributed by atoms with E-state index in [1.54, 1.807) is 12.3 Å². The molecule has 158 valence electrons. The molecule has 0 fully saturated rings. The van der Waals surface area contributed by atoms with Crippen molar-refractivity contribution in [1.29, 1.82) is 0 Å². The summed E-state index contributed by atoms with van der Waals surface area (Å²) in [5, 5.41) is 11.1. The van der Waals surface area contributed by atoms with Crippen LogP contribution in [-0.2, 0) is 0 Å². The fraction of sp³-hybridized carbons (Fsp3) is 0.0385. The Morgan fingerprint density at radius 1 is 0.812 bits per heavy atom. The van der Waals surface area contributed by atoms with E-state index in [4.69, 9.17) is 4.74 Å². The minimum absolute atomic E-state index is 0.0327. The Hall–Kier alpha value is -4.45. The third-order valence-corrected chi connectivity index (χ3v) is 4.91. The Morgan fingerprint density at radius 2 is 1.38 bits per heavy atom. The molecule has 0 unspecified atom stereocenters. The summed E-state index contributed by atoms with van der Waals surface area (Å²) < 4.78 is 5.27. The number of rotatable bonds is 7. The maximum Gasteiger partial charge on any atom is 0.271 e. The second kappa shape index (κ2) is 9.57. The molecule has 0 heterocycles. The molecule has 0 aliphatic heterocycles. The molecule has 0 amide bonds. The van der Waals surface area contributed by atoms with E-state index in [0.29, 0.717) is 11.4 Å². The van der Waals surface area contributed by atoms with E-state index in [2.05, 4.69) is 34.2 Å². The van der Waals surface area contributed by atoms with Crippen LogP contribution in [0.5, 0.6) is 5.75 Å². The number of nitrogens with zero attached hydrogens (tertiary/aromatic N) is 3. The van der Waals surface area contributed by atoms with Crippen LogP contribution in [0.4, 0.5) is 28.4 Å². The maximum absolute atomic E-state index is 11.1. The monoisotopic (exact) mass is 423 g/mol. The molecular formula is C26H21N3O3. The summed E-state index contributed by atoms with van der Waals surface area (Å²) >= 11 is 0. The summed E-state index contributed by atoms with van der Waals surface area (Å²) in [5.41, 5.74) is 4.36. The van der Waals surface area contributed by atoms with Gasteiger partial charge in [-0.15, -0.1) is 0 Å². The number of hydrogen-bond acceptors (Lipinski definition) is 5. The molecule has 0 saturated carbocycles. The van der Waals surface area contributed by atoms with E-state index in [-0.39, 0.29) is 5.69 Å². The second-order valence-corrected chi connectivity index (χ2v) is 6.97. The number of para-hydroxylation sites is 2. The molecule has 0 aliphatic rings. The molecule has 0 aliphatic carbocycles. The summed E-state index contributed by atoms with van der Waals surface area (Å²) in [7, 11) is 1.51. The first kappa shape index (κ1) is 20.8. The molecule has 0 radical (unpaired) electrons. The van der Waals surface area contributed by atoms with Crippen LogP contribution in [0.3, 0.4) is 0 Å². The quantitative estimate of drug-likeness (QED) is 0.186. The van der Waals surface area contributed by atoms with E-state index in [9.17, 15) is 10.1 Å². The Kier molecular flexibility index (Phi) is 6.22. The van der Waals surface area contributed by atoms with E-state index >= 15 is 0 Å². The van der Waals surface area contributed by atoms with Crippen molar-refractivity contribution >= 4 is 34.7 Å². The molecule has 0 spiro atoms. The third-order valence-electron chi connectivity index (χ3n) is 4.91. The van der Waals surface area contributed by atoms with Gasteiger partial charge in [-0.05, 0) is 48.0 Å². The van der Waals surface area contributed by atoms with Crippen LogP contribution in [0.1, 0.15) is 5.56 Å². The number of benzene rings is 4. The number of nitro groups is 1. The zero-order chi connectivity index (χ0) is 22.3. The highest BCUT2D eigenvalue weighted by Crippen LogP contribution is 2.34. The number of aliphatic imine (C=N–C) groups is 1. The van der Waals surface area contributed by atoms with Crippen molar-refractivity contribution in [3.05, 3.63) is 119 Å². The van der Waals surface area contributed by atoms with Crippen LogP contribution in [0.15, 0.2) is 108 Å². The number of methoxy groups -OCH3 is 1. The predicted molar refractivity (Wildman–Crippen MR) is 128 cm³/mol. The number of non-ortho nitro benzene ring substituents is 1. The molecule has 4 rings (SSSR count). The van der Waals surface area contributed by atoms with Gasteiger partial charge in [0.05, 0.1) is 12.0 Å². The molecule has 0 bridgehead atoms. The molecule has 6 nitrogen and oxygen atoms in total. The molecule has 0 atom stereocenters. The van der Waals surface area contributed by atoms with Gasteiger partial charge in [0.2, 0.25) is 0 Å². The summed E-state index contributed by atoms with van der Waals surface area (Å²) in [5.74, 6) is 0.475. The fourth-order valence-corrected chi connectivity index (χ4v) is 3.35. The van der Waals surface area contributed by atoms with Gasteiger partial charge in [-0.3, -0.25) is 15.1 Å². The van der Waals surface area contributed by atoms with Gasteiger partial charge in [-0.2, -0.15) is 0 Å². The van der Waals surface area contributed by atoms with Crippen molar-refractivity contribution in [2.75, 3.05) is 12.0 Å². The van der Waals surface area contributed by atoms with E-state index in [1.807, 2.05) is 60.7 Å². The lowest BCUT2D eigenvalue weighted by Crippen LogP contribution is -2.09. The van der Waals surface area contributed by atoms with Crippen LogP contribution in [0.2, 0.25) is 0 Å². The SMILES string of the molecule is COc1ccc([N+](=O)[O-])cc1N=Cc1ccc(N(c2ccccc2)c2ccccc2)cc1. The lowest BCUT2D eigenvalue weighted by atomic mass is 10.1. The molecular weight excluding hydrogens is 402 g/mol. The first-order valence-corrected chi connectivity index (χ1v) is 10.0. The van der Waals surface area contributed by atoms with E-state index < -0.39 is 4.92 Å². The first-order valence-electron chi connectivity index (χ1n) is 10.0. The highest BCUT2D eigenvalue weighted by molar-refractivity contribution is 5.85. The first-order chi connectivity index (χ1) is 15.7. The molecule has 0 N–H and O–H groups in total. The topological polar surface area (TPSA) is 68.0 Å². The van der Waals surface area contributed by atoms with Crippen molar-refractivity contribution in [2.24, 2.45) is 4.99 Å². The fourth-order valence-electron chi connectivity index (χ4n) is 3.35. The Balaban J connectivity index is 1.64. The van der Waals surface area contributed by atoms with E-state index in [1.165, 1.54) is 19.2 Å². The van der Waals surface area contributed by atoms with Crippen molar-refractivity contribution in [3.8, 4) is 5.75 Å². The number of anilines is 3. The minimum atomic E-state index is -0.449. The summed E-state index contributed by atoms with van der Waals surface area (Å²) in [4.78, 5) is 17.2. The van der Waals surface area contributed by atoms with Gasteiger partial charge in [0.25, 0.3) is 5.69 Å². The van der Waals surface area contributed by atoms with Crippen molar-refractivity contribution in [2.45, 2.75) is 0 Å². The van der Waals surface area contributed by atoms with Crippen molar-refractivity contribution < 1.29 is 9.66 Å². The van der Waals surface area contributed by atoms with Crippen LogP contribution in [0.25, 0.3) is 0 Å². The minimum Gasteiger partial charge on any atom is -0.494 e. The number of hydrogen-bond donors (Lipinski definition) is 0. The third kappa shape index (κ3) is 4.65. The smallest absolute Gasteiger partial charge is 0.271 e. The standard InChI is InChI=1S/C26H21N3O3/c1-32-26-17-16-24(29(30)31)18-25(26)27-19-20-12-14-23(15-13-20)28(21-8-4-2-5-9-21)22-10-6-3-7-11-22/h2-19H,1H3. The molecule has 0 saturated heterocycles. The van der Waals surface area contributed by atoms with Gasteiger partial charge in [0.15, 0.2) is 0 Å². The lowest BCUT2D eigenvalue weighted by Gasteiger charge is -2.25. The maximum atomic E-state index is 11.1. The highest BCUT2D eigenvalue weighted by Gasteiger charge is 2.12. The van der Waals surface area contributed by atoms with Crippen LogP contribution < -0.4 is 9.64 Å². The zero-order valence-electron chi connectivity index (χ0n) is 17.5. The highest BCUT2D eigenvalue weighted by atomic mass is 16.6. The normalized spacial score (nSPS) is 10.8. The van der Waals surface area contributed by atoms with Gasteiger partial charge in [-0.1, -0.05) is 48.5 Å². The van der Waals surface area contributed by atoms with Crippen molar-refractivity contribution in [1.82, 2.24) is 0 Å². The lowest BCUT2D eigenvalue weighted by molar-refractivity contribution is -0.384. The van der Waals surface area contributed by atoms with Gasteiger partial charge < -0.3 is 9.64 Å². The Bertz CT molecular complexity index is 1180. The van der Waals surface area contributed by atoms with E-state index in [0.717, 1.165) is 22.6 Å². The molecule has 4 aromatic carbocycles. The molecule has 6 heteroatoms. The van der Waals surface area contributed by atoms with Crippen molar-refractivity contribution in [3.63, 3.8) is 0 Å². The van der Waals surface area contributed by atoms with Gasteiger partial charge in [0.1, 0.15) is 11.4 Å². The summed E-state index contributed by atoms with van der Waals surface area (Å²) in [6.07, 6.45) is 1.67. The number of ether oxygens (including phenoxy) is 1. The molecule has 4 aromatic rings. The van der Waals surface area contributed by atoms with Crippen LogP contribution in [0, 0.1) is 10.1 Å². The van der Waals surface area contributed by atoms with Crippen LogP contribution in [-0.4, -0.2) is 18.2 Å². The zero-order valence-corrected chi connectivity index (χ0v) is 17.5. The van der Waals surface area contributed by atoms with Gasteiger partial charge in [0, 0.05) is 35.4 Å². The van der Waals surface area contributed by atoms with Gasteiger partial charge >= 0.3 is 0 Å². The average molecular weight is 423 g/mol. The summed E-state index contributed by atoms with van der Waals surface area (Å²) in [6, 6.07) is 32.6. The summed E-state index contributed by atoms with van der Waals surface area (Å²) in [6.45, 7) is 0.